The number of aliphatic carboxylic acids is 1. The monoisotopic (exact) mass is 301 g/mol. The molecule has 7 heteroatoms. The van der Waals surface area contributed by atoms with Crippen LogP contribution in [0.15, 0.2) is 0 Å². The van der Waals surface area contributed by atoms with Crippen LogP contribution in [0, 0.1) is 11.8 Å². The summed E-state index contributed by atoms with van der Waals surface area (Å²) in [6, 6.07) is -0.456. The van der Waals surface area contributed by atoms with Crippen LogP contribution in [0.5, 0.6) is 0 Å². The Labute approximate surface area is 126 Å². The Hall–Kier alpha value is -1.79. The first-order valence-electron chi connectivity index (χ1n) is 7.23. The number of carboxylic acid groups (broad SMARTS) is 1. The van der Waals surface area contributed by atoms with Crippen LogP contribution in [0.25, 0.3) is 0 Å². The van der Waals surface area contributed by atoms with E-state index in [1.165, 1.54) is 4.90 Å². The lowest BCUT2D eigenvalue weighted by molar-refractivity contribution is -0.137. The fraction of sp³-hybridized carbons (Fsp3) is 0.786. The molecule has 0 aliphatic heterocycles. The Morgan fingerprint density at radius 2 is 1.67 bits per heavy atom. The molecular formula is C14H27N3O4. The molecule has 21 heavy (non-hydrogen) atoms. The van der Waals surface area contributed by atoms with Crippen LogP contribution in [0.4, 0.5) is 4.79 Å². The molecule has 0 unspecified atom stereocenters. The molecule has 0 aliphatic rings. The topological polar surface area (TPSA) is 98.7 Å². The minimum absolute atomic E-state index is 0.127. The average Bonchev–Trinajstić information content (AvgIpc) is 2.34. The van der Waals surface area contributed by atoms with Crippen LogP contribution in [-0.2, 0) is 9.59 Å². The molecule has 0 bridgehead atoms. The maximum absolute atomic E-state index is 11.9. The van der Waals surface area contributed by atoms with Crippen molar-refractivity contribution in [1.82, 2.24) is 15.5 Å². The van der Waals surface area contributed by atoms with Gasteiger partial charge in [0.2, 0.25) is 5.91 Å². The number of urea groups is 1. The molecule has 122 valence electrons. The van der Waals surface area contributed by atoms with Gasteiger partial charge in [-0.2, -0.15) is 0 Å². The number of carbonyl (C=O) groups is 3. The maximum Gasteiger partial charge on any atom is 0.323 e. The van der Waals surface area contributed by atoms with E-state index in [4.69, 9.17) is 5.11 Å². The van der Waals surface area contributed by atoms with Gasteiger partial charge in [0, 0.05) is 26.1 Å². The number of carboxylic acids is 1. The Morgan fingerprint density at radius 3 is 2.14 bits per heavy atom. The molecule has 0 rings (SSSR count). The van der Waals surface area contributed by atoms with Crippen LogP contribution in [0.3, 0.4) is 0 Å². The lowest BCUT2D eigenvalue weighted by atomic mass is 10.2. The summed E-state index contributed by atoms with van der Waals surface area (Å²) in [7, 11) is 0. The molecule has 0 fully saturated rings. The van der Waals surface area contributed by atoms with Crippen LogP contribution in [0.1, 0.15) is 34.1 Å². The Kier molecular flexibility index (Phi) is 9.16. The lowest BCUT2D eigenvalue weighted by Crippen LogP contribution is -2.45. The first kappa shape index (κ1) is 19.2. The molecule has 0 aromatic carbocycles. The molecule has 0 aromatic rings. The van der Waals surface area contributed by atoms with Gasteiger partial charge in [-0.15, -0.1) is 0 Å². The zero-order valence-corrected chi connectivity index (χ0v) is 13.3. The zero-order chi connectivity index (χ0) is 16.4. The van der Waals surface area contributed by atoms with Crippen LogP contribution >= 0.6 is 0 Å². The van der Waals surface area contributed by atoms with Crippen molar-refractivity contribution < 1.29 is 19.5 Å². The molecule has 3 amide bonds. The smallest absolute Gasteiger partial charge is 0.323 e. The van der Waals surface area contributed by atoms with Crippen LogP contribution in [-0.4, -0.2) is 54.1 Å². The quantitative estimate of drug-likeness (QED) is 0.589. The molecule has 0 spiro atoms. The molecule has 0 aromatic heterocycles. The van der Waals surface area contributed by atoms with E-state index in [0.717, 1.165) is 0 Å². The van der Waals surface area contributed by atoms with E-state index in [0.29, 0.717) is 19.0 Å². The molecule has 7 nitrogen and oxygen atoms in total. The van der Waals surface area contributed by atoms with E-state index < -0.39 is 12.0 Å². The summed E-state index contributed by atoms with van der Waals surface area (Å²) >= 11 is 0. The minimum atomic E-state index is -1.06. The Balaban J connectivity index is 4.12. The molecule has 0 heterocycles. The maximum atomic E-state index is 11.9. The summed E-state index contributed by atoms with van der Waals surface area (Å²) in [5.74, 6) is -0.636. The second-order valence-corrected chi connectivity index (χ2v) is 5.85. The summed E-state index contributed by atoms with van der Waals surface area (Å²) < 4.78 is 0. The van der Waals surface area contributed by atoms with Gasteiger partial charge in [0.25, 0.3) is 0 Å². The van der Waals surface area contributed by atoms with E-state index in [2.05, 4.69) is 10.6 Å². The molecule has 0 aliphatic carbocycles. The third kappa shape index (κ3) is 10.6. The van der Waals surface area contributed by atoms with Gasteiger partial charge in [0.15, 0.2) is 0 Å². The van der Waals surface area contributed by atoms with E-state index in [1.54, 1.807) is 0 Å². The molecule has 0 saturated heterocycles. The summed E-state index contributed by atoms with van der Waals surface area (Å²) in [6.45, 7) is 8.61. The van der Waals surface area contributed by atoms with Crippen molar-refractivity contribution in [2.45, 2.75) is 34.1 Å². The number of amides is 3. The van der Waals surface area contributed by atoms with Crippen molar-refractivity contribution in [2.75, 3.05) is 26.2 Å². The van der Waals surface area contributed by atoms with Crippen molar-refractivity contribution in [3.63, 3.8) is 0 Å². The van der Waals surface area contributed by atoms with Gasteiger partial charge in [-0.1, -0.05) is 27.7 Å². The van der Waals surface area contributed by atoms with E-state index in [1.807, 2.05) is 27.7 Å². The van der Waals surface area contributed by atoms with Gasteiger partial charge in [0.05, 0.1) is 0 Å². The van der Waals surface area contributed by atoms with Gasteiger partial charge < -0.3 is 20.6 Å². The van der Waals surface area contributed by atoms with E-state index in [-0.39, 0.29) is 31.3 Å². The number of rotatable bonds is 9. The molecule has 0 radical (unpaired) electrons. The number of hydrogen-bond acceptors (Lipinski definition) is 3. The summed E-state index contributed by atoms with van der Waals surface area (Å²) in [5.41, 5.74) is 0. The molecule has 0 saturated carbocycles. The highest BCUT2D eigenvalue weighted by molar-refractivity contribution is 5.81. The molecular weight excluding hydrogens is 274 g/mol. The first-order valence-corrected chi connectivity index (χ1v) is 7.23. The van der Waals surface area contributed by atoms with E-state index in [9.17, 15) is 14.4 Å². The van der Waals surface area contributed by atoms with Crippen molar-refractivity contribution in [2.24, 2.45) is 11.8 Å². The Morgan fingerprint density at radius 1 is 1.05 bits per heavy atom. The molecule has 0 atom stereocenters. The summed E-state index contributed by atoms with van der Waals surface area (Å²) in [4.78, 5) is 35.3. The van der Waals surface area contributed by atoms with Gasteiger partial charge in [0.1, 0.15) is 6.54 Å². The highest BCUT2D eigenvalue weighted by Crippen LogP contribution is 1.99. The average molecular weight is 301 g/mol. The number of nitrogens with one attached hydrogen (secondary N) is 2. The number of nitrogens with zero attached hydrogens (tertiary/aromatic N) is 1. The van der Waals surface area contributed by atoms with Gasteiger partial charge in [-0.25, -0.2) is 4.79 Å². The highest BCUT2D eigenvalue weighted by atomic mass is 16.4. The molecule has 3 N–H and O–H groups in total. The minimum Gasteiger partial charge on any atom is -0.480 e. The number of hydrogen-bond donors (Lipinski definition) is 3. The van der Waals surface area contributed by atoms with Crippen molar-refractivity contribution in [1.29, 1.82) is 0 Å². The van der Waals surface area contributed by atoms with Crippen molar-refractivity contribution >= 4 is 17.9 Å². The SMILES string of the molecule is CC(C)CNC(=O)CCNC(=O)N(CC(=O)O)CC(C)C. The third-order valence-electron chi connectivity index (χ3n) is 2.53. The number of carbonyl (C=O) groups excluding carboxylic acids is 2. The van der Waals surface area contributed by atoms with E-state index >= 15 is 0 Å². The summed E-state index contributed by atoms with van der Waals surface area (Å²) in [5, 5.41) is 14.1. The van der Waals surface area contributed by atoms with Gasteiger partial charge in [-0.05, 0) is 11.8 Å². The highest BCUT2D eigenvalue weighted by Gasteiger charge is 2.17. The lowest BCUT2D eigenvalue weighted by Gasteiger charge is -2.23. The zero-order valence-electron chi connectivity index (χ0n) is 13.3. The second kappa shape index (κ2) is 10.0. The normalized spacial score (nSPS) is 10.6. The standard InChI is InChI=1S/C14H27N3O4/c1-10(2)7-16-12(18)5-6-15-14(21)17(8-11(3)4)9-13(19)20/h10-11H,5-9H2,1-4H3,(H,15,21)(H,16,18)(H,19,20). The van der Waals surface area contributed by atoms with Crippen molar-refractivity contribution in [3.8, 4) is 0 Å². The van der Waals surface area contributed by atoms with Gasteiger partial charge in [-0.3, -0.25) is 9.59 Å². The largest absolute Gasteiger partial charge is 0.480 e. The fourth-order valence-corrected chi connectivity index (χ4v) is 1.62. The third-order valence-corrected chi connectivity index (χ3v) is 2.53. The van der Waals surface area contributed by atoms with Crippen LogP contribution in [0.2, 0.25) is 0 Å². The second-order valence-electron chi connectivity index (χ2n) is 5.85. The first-order chi connectivity index (χ1) is 9.72. The van der Waals surface area contributed by atoms with Gasteiger partial charge >= 0.3 is 12.0 Å². The predicted molar refractivity (Wildman–Crippen MR) is 79.9 cm³/mol. The fourth-order valence-electron chi connectivity index (χ4n) is 1.62. The Bertz CT molecular complexity index is 356. The van der Waals surface area contributed by atoms with Crippen LogP contribution < -0.4 is 10.6 Å². The predicted octanol–water partition coefficient (Wildman–Crippen LogP) is 0.901. The van der Waals surface area contributed by atoms with Crippen molar-refractivity contribution in [3.05, 3.63) is 0 Å². The summed E-state index contributed by atoms with van der Waals surface area (Å²) in [6.07, 6.45) is 0.182.